The third kappa shape index (κ3) is 7.03. The molecule has 0 saturated heterocycles. The van der Waals surface area contributed by atoms with Crippen LogP contribution >= 0.6 is 31.5 Å². The SMILES string of the molecule is CC(C)N(SN(c1cc(C(F)(F)F)ccc1Cl)c1c([N+](=O)[O-])cc([N+](=O)[O-])cc1C(F)(F)F)P(=O)(O)O. The average molecular weight is 599 g/mol. The average Bonchev–Trinajstić information content (AvgIpc) is 2.71. The zero-order valence-corrected chi connectivity index (χ0v) is 20.7. The molecule has 2 rings (SSSR count). The molecule has 2 aromatic rings. The number of hydrogen-bond donors (Lipinski definition) is 2. The first-order chi connectivity index (χ1) is 16.7. The Morgan fingerprint density at radius 3 is 1.97 bits per heavy atom. The van der Waals surface area contributed by atoms with E-state index in [-0.39, 0.29) is 38.7 Å². The summed E-state index contributed by atoms with van der Waals surface area (Å²) in [5.74, 6) is 0. The number of rotatable bonds is 8. The van der Waals surface area contributed by atoms with Crippen molar-refractivity contribution in [3.05, 3.63) is 66.7 Å². The predicted octanol–water partition coefficient (Wildman–Crippen LogP) is 6.70. The Kier molecular flexibility index (Phi) is 8.78. The minimum Gasteiger partial charge on any atom is -0.312 e. The summed E-state index contributed by atoms with van der Waals surface area (Å²) in [6.45, 7) is 2.32. The van der Waals surface area contributed by atoms with Gasteiger partial charge in [0.15, 0.2) is 0 Å². The van der Waals surface area contributed by atoms with Gasteiger partial charge in [0.1, 0.15) is 5.69 Å². The van der Waals surface area contributed by atoms with Crippen LogP contribution in [-0.4, -0.2) is 29.8 Å². The van der Waals surface area contributed by atoms with Crippen LogP contribution in [0.15, 0.2) is 30.3 Å². The van der Waals surface area contributed by atoms with E-state index in [0.717, 1.165) is 13.8 Å². The number of benzene rings is 2. The molecule has 0 saturated carbocycles. The fourth-order valence-electron chi connectivity index (χ4n) is 2.85. The molecule has 0 aliphatic carbocycles. The lowest BCUT2D eigenvalue weighted by Crippen LogP contribution is -2.28. The summed E-state index contributed by atoms with van der Waals surface area (Å²) in [7, 11) is -5.38. The van der Waals surface area contributed by atoms with Crippen LogP contribution in [0.5, 0.6) is 0 Å². The highest BCUT2D eigenvalue weighted by molar-refractivity contribution is 8.02. The molecule has 0 aliphatic rings. The van der Waals surface area contributed by atoms with Crippen molar-refractivity contribution < 1.29 is 50.5 Å². The van der Waals surface area contributed by atoms with Gasteiger partial charge in [-0.2, -0.15) is 26.3 Å². The summed E-state index contributed by atoms with van der Waals surface area (Å²) >= 11 is 5.65. The third-order valence-electron chi connectivity index (χ3n) is 4.35. The molecular weight excluding hydrogens is 585 g/mol. The number of nitro groups is 2. The second-order valence-electron chi connectivity index (χ2n) is 7.32. The van der Waals surface area contributed by atoms with Crippen LogP contribution in [0.3, 0.4) is 0 Å². The molecule has 20 heteroatoms. The second kappa shape index (κ2) is 10.6. The number of nitrogens with zero attached hydrogens (tertiary/aromatic N) is 4. The molecule has 0 heterocycles. The Labute approximate surface area is 212 Å². The third-order valence-corrected chi connectivity index (χ3v) is 7.63. The molecule has 0 aliphatic heterocycles. The van der Waals surface area contributed by atoms with E-state index in [1.165, 1.54) is 0 Å². The molecule has 0 radical (unpaired) electrons. The van der Waals surface area contributed by atoms with E-state index in [4.69, 9.17) is 11.6 Å². The number of non-ortho nitro benzene ring substituents is 1. The first kappa shape index (κ1) is 30.6. The molecule has 2 aromatic carbocycles. The van der Waals surface area contributed by atoms with Gasteiger partial charge in [-0.05, 0) is 32.0 Å². The molecule has 2 N–H and O–H groups in total. The molecule has 37 heavy (non-hydrogen) atoms. The van der Waals surface area contributed by atoms with Crippen molar-refractivity contribution in [1.82, 2.24) is 4.08 Å². The molecule has 0 amide bonds. The van der Waals surface area contributed by atoms with Crippen molar-refractivity contribution in [2.75, 3.05) is 4.31 Å². The summed E-state index contributed by atoms with van der Waals surface area (Å²) in [5, 5.41) is 22.2. The van der Waals surface area contributed by atoms with Crippen molar-refractivity contribution in [2.45, 2.75) is 32.2 Å². The number of nitro benzene ring substituents is 2. The van der Waals surface area contributed by atoms with E-state index in [0.29, 0.717) is 12.1 Å². The number of anilines is 2. The Hall–Kier alpha value is -2.63. The summed E-state index contributed by atoms with van der Waals surface area (Å²) < 4.78 is 94.6. The van der Waals surface area contributed by atoms with Crippen LogP contribution in [0.1, 0.15) is 25.0 Å². The summed E-state index contributed by atoms with van der Waals surface area (Å²) in [4.78, 5) is 39.5. The van der Waals surface area contributed by atoms with E-state index < -0.39 is 74.9 Å². The van der Waals surface area contributed by atoms with E-state index >= 15 is 0 Å². The van der Waals surface area contributed by atoms with E-state index in [1.807, 2.05) is 0 Å². The van der Waals surface area contributed by atoms with Crippen molar-refractivity contribution >= 4 is 54.2 Å². The maximum absolute atomic E-state index is 14.0. The van der Waals surface area contributed by atoms with Gasteiger partial charge in [0.25, 0.3) is 5.69 Å². The quantitative estimate of drug-likeness (QED) is 0.110. The Morgan fingerprint density at radius 2 is 1.57 bits per heavy atom. The lowest BCUT2D eigenvalue weighted by molar-refractivity contribution is -0.394. The molecule has 0 fully saturated rings. The first-order valence-corrected chi connectivity index (χ1v) is 12.1. The van der Waals surface area contributed by atoms with Gasteiger partial charge in [-0.1, -0.05) is 11.6 Å². The van der Waals surface area contributed by atoms with Crippen LogP contribution in [0, 0.1) is 20.2 Å². The van der Waals surface area contributed by atoms with Crippen molar-refractivity contribution in [1.29, 1.82) is 0 Å². The van der Waals surface area contributed by atoms with Crippen LogP contribution in [-0.2, 0) is 16.9 Å². The fraction of sp³-hybridized carbons (Fsp3) is 0.294. The molecule has 0 bridgehead atoms. The van der Waals surface area contributed by atoms with Crippen LogP contribution in [0.25, 0.3) is 0 Å². The van der Waals surface area contributed by atoms with E-state index in [9.17, 15) is 60.9 Å². The number of alkyl halides is 6. The summed E-state index contributed by atoms with van der Waals surface area (Å²) in [5.41, 5.74) is -9.04. The molecule has 204 valence electrons. The molecule has 0 unspecified atom stereocenters. The van der Waals surface area contributed by atoms with Gasteiger partial charge < -0.3 is 9.79 Å². The summed E-state index contributed by atoms with van der Waals surface area (Å²) in [6.07, 6.45) is -10.6. The van der Waals surface area contributed by atoms with Gasteiger partial charge in [-0.3, -0.25) is 24.5 Å². The summed E-state index contributed by atoms with van der Waals surface area (Å²) in [6, 6.07) is 0.0794. The van der Waals surface area contributed by atoms with E-state index in [1.54, 1.807) is 0 Å². The van der Waals surface area contributed by atoms with Crippen molar-refractivity contribution in [3.8, 4) is 0 Å². The zero-order valence-electron chi connectivity index (χ0n) is 18.2. The molecule has 11 nitrogen and oxygen atoms in total. The highest BCUT2D eigenvalue weighted by Gasteiger charge is 2.44. The lowest BCUT2D eigenvalue weighted by atomic mass is 10.1. The van der Waals surface area contributed by atoms with Gasteiger partial charge in [0.2, 0.25) is 0 Å². The van der Waals surface area contributed by atoms with Crippen LogP contribution in [0.4, 0.5) is 49.1 Å². The minimum absolute atomic E-state index is 0.0708. The molecular formula is C17H14ClF6N4O7PS. The van der Waals surface area contributed by atoms with Crippen molar-refractivity contribution in [2.24, 2.45) is 0 Å². The Morgan fingerprint density at radius 1 is 1.00 bits per heavy atom. The topological polar surface area (TPSA) is 150 Å². The maximum Gasteiger partial charge on any atom is 0.418 e. The van der Waals surface area contributed by atoms with Crippen molar-refractivity contribution in [3.63, 3.8) is 0 Å². The zero-order chi connectivity index (χ0) is 28.7. The maximum atomic E-state index is 14.0. The van der Waals surface area contributed by atoms with Gasteiger partial charge in [0.05, 0.1) is 49.9 Å². The smallest absolute Gasteiger partial charge is 0.312 e. The minimum atomic E-state index is -5.57. The normalized spacial score (nSPS) is 12.8. The molecule has 0 aromatic heterocycles. The second-order valence-corrected chi connectivity index (χ2v) is 10.4. The highest BCUT2D eigenvalue weighted by Crippen LogP contribution is 2.56. The lowest BCUT2D eigenvalue weighted by Gasteiger charge is -2.33. The predicted molar refractivity (Wildman–Crippen MR) is 120 cm³/mol. The van der Waals surface area contributed by atoms with Crippen LogP contribution < -0.4 is 4.31 Å². The fourth-order valence-corrected chi connectivity index (χ4v) is 5.18. The number of hydrogen-bond acceptors (Lipinski definition) is 7. The molecule has 0 spiro atoms. The Balaban J connectivity index is 3.11. The number of halogens is 7. The van der Waals surface area contributed by atoms with E-state index in [2.05, 4.69) is 0 Å². The van der Waals surface area contributed by atoms with Gasteiger partial charge in [-0.15, -0.1) is 4.08 Å². The van der Waals surface area contributed by atoms with Crippen LogP contribution in [0.2, 0.25) is 5.02 Å². The highest BCUT2D eigenvalue weighted by atomic mass is 35.5. The first-order valence-electron chi connectivity index (χ1n) is 9.40. The monoisotopic (exact) mass is 598 g/mol. The largest absolute Gasteiger partial charge is 0.418 e. The van der Waals surface area contributed by atoms with Gasteiger partial charge >= 0.3 is 25.8 Å². The van der Waals surface area contributed by atoms with Gasteiger partial charge in [0, 0.05) is 12.1 Å². The Bertz CT molecular complexity index is 1270. The molecule has 0 atom stereocenters. The standard InChI is InChI=1S/C17H14ClF6N4O7PS/c1-8(2)28(36(33,34)35)37-25(13-5-9(16(19,20)21)3-4-12(13)18)15-11(17(22,23)24)6-10(26(29)30)7-14(15)27(31)32/h3-8H,1-2H3,(H2,33,34,35). The van der Waals surface area contributed by atoms with Gasteiger partial charge in [-0.25, -0.2) is 4.57 Å².